The fourth-order valence-corrected chi connectivity index (χ4v) is 2.37. The van der Waals surface area contributed by atoms with Gasteiger partial charge in [-0.15, -0.1) is 11.3 Å². The highest BCUT2D eigenvalue weighted by Crippen LogP contribution is 2.23. The highest BCUT2D eigenvalue weighted by atomic mass is 32.1. The molecule has 0 aliphatic heterocycles. The maximum absolute atomic E-state index is 11.9. The standard InChI is InChI=1S/C13H20N2O3S/c1-9(12(16)17)6-7-14-13(18)15(3)10(2)11-5-4-8-19-11/h4-5,8-10H,6-7H2,1-3H3,(H,14,18)(H,16,17). The number of nitrogens with one attached hydrogen (secondary N) is 1. The predicted molar refractivity (Wildman–Crippen MR) is 75.3 cm³/mol. The Labute approximate surface area is 117 Å². The van der Waals surface area contributed by atoms with Gasteiger partial charge in [-0.3, -0.25) is 4.79 Å². The van der Waals surface area contributed by atoms with E-state index in [1.807, 2.05) is 24.4 Å². The van der Waals surface area contributed by atoms with Crippen molar-refractivity contribution in [3.63, 3.8) is 0 Å². The van der Waals surface area contributed by atoms with E-state index in [4.69, 9.17) is 5.11 Å². The Morgan fingerprint density at radius 2 is 2.16 bits per heavy atom. The largest absolute Gasteiger partial charge is 0.481 e. The molecule has 2 atom stereocenters. The van der Waals surface area contributed by atoms with Crippen LogP contribution in [0.25, 0.3) is 0 Å². The van der Waals surface area contributed by atoms with Crippen LogP contribution < -0.4 is 5.32 Å². The van der Waals surface area contributed by atoms with Crippen molar-refractivity contribution in [2.24, 2.45) is 5.92 Å². The summed E-state index contributed by atoms with van der Waals surface area (Å²) >= 11 is 1.61. The third-order valence-corrected chi connectivity index (χ3v) is 4.17. The summed E-state index contributed by atoms with van der Waals surface area (Å²) in [5.41, 5.74) is 0. The minimum atomic E-state index is -0.838. The van der Waals surface area contributed by atoms with Gasteiger partial charge < -0.3 is 15.3 Å². The molecule has 0 radical (unpaired) electrons. The summed E-state index contributed by atoms with van der Waals surface area (Å²) in [7, 11) is 1.74. The molecule has 1 heterocycles. The second kappa shape index (κ2) is 7.13. The molecule has 0 bridgehead atoms. The van der Waals surface area contributed by atoms with Crippen molar-refractivity contribution in [2.75, 3.05) is 13.6 Å². The zero-order chi connectivity index (χ0) is 14.4. The Morgan fingerprint density at radius 3 is 2.68 bits per heavy atom. The van der Waals surface area contributed by atoms with Crippen LogP contribution in [-0.2, 0) is 4.79 Å². The van der Waals surface area contributed by atoms with E-state index in [1.165, 1.54) is 0 Å². The van der Waals surface area contributed by atoms with E-state index in [1.54, 1.807) is 30.2 Å². The fraction of sp³-hybridized carbons (Fsp3) is 0.538. The topological polar surface area (TPSA) is 69.6 Å². The number of hydrogen-bond acceptors (Lipinski definition) is 3. The summed E-state index contributed by atoms with van der Waals surface area (Å²) in [6.07, 6.45) is 0.433. The second-order valence-electron chi connectivity index (χ2n) is 4.56. The Morgan fingerprint density at radius 1 is 1.47 bits per heavy atom. The molecule has 0 aromatic carbocycles. The van der Waals surface area contributed by atoms with Gasteiger partial charge in [0, 0.05) is 18.5 Å². The average Bonchev–Trinajstić information content (AvgIpc) is 2.90. The summed E-state index contributed by atoms with van der Waals surface area (Å²) in [6.45, 7) is 3.96. The zero-order valence-corrected chi connectivity index (χ0v) is 12.2. The van der Waals surface area contributed by atoms with Gasteiger partial charge >= 0.3 is 12.0 Å². The van der Waals surface area contributed by atoms with Gasteiger partial charge in [-0.25, -0.2) is 4.79 Å². The van der Waals surface area contributed by atoms with Gasteiger partial charge in [-0.2, -0.15) is 0 Å². The first kappa shape index (κ1) is 15.5. The van der Waals surface area contributed by atoms with Crippen LogP contribution >= 0.6 is 11.3 Å². The zero-order valence-electron chi connectivity index (χ0n) is 11.4. The quantitative estimate of drug-likeness (QED) is 0.843. The number of rotatable bonds is 6. The van der Waals surface area contributed by atoms with Crippen LogP contribution in [0, 0.1) is 5.92 Å². The third-order valence-electron chi connectivity index (χ3n) is 3.13. The van der Waals surface area contributed by atoms with Crippen LogP contribution in [0.1, 0.15) is 31.2 Å². The summed E-state index contributed by atoms with van der Waals surface area (Å²) in [4.78, 5) is 25.3. The smallest absolute Gasteiger partial charge is 0.317 e. The molecule has 0 aliphatic rings. The molecule has 2 unspecified atom stereocenters. The van der Waals surface area contributed by atoms with Gasteiger partial charge in [0.25, 0.3) is 0 Å². The lowest BCUT2D eigenvalue weighted by molar-refractivity contribution is -0.141. The summed E-state index contributed by atoms with van der Waals surface area (Å²) in [5.74, 6) is -1.28. The molecule has 0 saturated carbocycles. The molecule has 0 fully saturated rings. The lowest BCUT2D eigenvalue weighted by Gasteiger charge is -2.24. The van der Waals surface area contributed by atoms with Gasteiger partial charge in [-0.05, 0) is 24.8 Å². The summed E-state index contributed by atoms with van der Waals surface area (Å²) < 4.78 is 0. The molecular weight excluding hydrogens is 264 g/mol. The van der Waals surface area contributed by atoms with Gasteiger partial charge in [0.05, 0.1) is 12.0 Å². The van der Waals surface area contributed by atoms with Gasteiger partial charge in [0.1, 0.15) is 0 Å². The minimum Gasteiger partial charge on any atom is -0.481 e. The maximum atomic E-state index is 11.9. The Bertz CT molecular complexity index is 420. The number of urea groups is 1. The van der Waals surface area contributed by atoms with E-state index in [-0.39, 0.29) is 12.1 Å². The second-order valence-corrected chi connectivity index (χ2v) is 5.54. The molecule has 5 nitrogen and oxygen atoms in total. The van der Waals surface area contributed by atoms with Crippen LogP contribution in [0.2, 0.25) is 0 Å². The number of amides is 2. The number of aliphatic carboxylic acids is 1. The van der Waals surface area contributed by atoms with Crippen LogP contribution in [0.4, 0.5) is 4.79 Å². The first-order valence-corrected chi connectivity index (χ1v) is 7.08. The lowest BCUT2D eigenvalue weighted by Crippen LogP contribution is -2.39. The van der Waals surface area contributed by atoms with Gasteiger partial charge in [0.15, 0.2) is 0 Å². The molecule has 2 N–H and O–H groups in total. The van der Waals surface area contributed by atoms with Crippen molar-refractivity contribution >= 4 is 23.3 Å². The van der Waals surface area contributed by atoms with Crippen LogP contribution in [0.3, 0.4) is 0 Å². The SMILES string of the molecule is CC(CCNC(=O)N(C)C(C)c1cccs1)C(=O)O. The van der Waals surface area contributed by atoms with Crippen molar-refractivity contribution in [1.29, 1.82) is 0 Å². The van der Waals surface area contributed by atoms with E-state index in [0.717, 1.165) is 4.88 Å². The van der Waals surface area contributed by atoms with Crippen molar-refractivity contribution in [1.82, 2.24) is 10.2 Å². The van der Waals surface area contributed by atoms with E-state index < -0.39 is 11.9 Å². The number of carboxylic acid groups (broad SMARTS) is 1. The first-order chi connectivity index (χ1) is 8.93. The fourth-order valence-electron chi connectivity index (χ4n) is 1.54. The normalized spacial score (nSPS) is 13.6. The molecule has 0 saturated heterocycles. The number of hydrogen-bond donors (Lipinski definition) is 2. The highest BCUT2D eigenvalue weighted by Gasteiger charge is 2.18. The molecule has 106 valence electrons. The third kappa shape index (κ3) is 4.55. The summed E-state index contributed by atoms with van der Waals surface area (Å²) in [6, 6.07) is 3.78. The minimum absolute atomic E-state index is 0.0110. The number of carboxylic acids is 1. The van der Waals surface area contributed by atoms with Crippen LogP contribution in [-0.4, -0.2) is 35.6 Å². The summed E-state index contributed by atoms with van der Waals surface area (Å²) in [5, 5.41) is 13.5. The Kier molecular flexibility index (Phi) is 5.82. The van der Waals surface area contributed by atoms with E-state index in [0.29, 0.717) is 13.0 Å². The van der Waals surface area contributed by atoms with Crippen LogP contribution in [0.15, 0.2) is 17.5 Å². The van der Waals surface area contributed by atoms with Crippen molar-refractivity contribution in [3.05, 3.63) is 22.4 Å². The predicted octanol–water partition coefficient (Wildman–Crippen LogP) is 2.56. The number of nitrogens with zero attached hydrogens (tertiary/aromatic N) is 1. The Hall–Kier alpha value is -1.56. The van der Waals surface area contributed by atoms with Crippen molar-refractivity contribution < 1.29 is 14.7 Å². The molecular formula is C13H20N2O3S. The first-order valence-electron chi connectivity index (χ1n) is 6.20. The number of carbonyl (C=O) groups excluding carboxylic acids is 1. The molecule has 1 rings (SSSR count). The van der Waals surface area contributed by atoms with Crippen molar-refractivity contribution in [2.45, 2.75) is 26.3 Å². The average molecular weight is 284 g/mol. The molecule has 0 aliphatic carbocycles. The monoisotopic (exact) mass is 284 g/mol. The number of thiophene rings is 1. The molecule has 6 heteroatoms. The molecule has 0 spiro atoms. The molecule has 19 heavy (non-hydrogen) atoms. The molecule has 1 aromatic rings. The van der Waals surface area contributed by atoms with E-state index in [9.17, 15) is 9.59 Å². The number of carbonyl (C=O) groups is 2. The molecule has 1 aromatic heterocycles. The van der Waals surface area contributed by atoms with E-state index >= 15 is 0 Å². The van der Waals surface area contributed by atoms with Gasteiger partial charge in [-0.1, -0.05) is 13.0 Å². The Balaban J connectivity index is 2.39. The maximum Gasteiger partial charge on any atom is 0.317 e. The van der Waals surface area contributed by atoms with Gasteiger partial charge in [0.2, 0.25) is 0 Å². The molecule has 2 amide bonds. The highest BCUT2D eigenvalue weighted by molar-refractivity contribution is 7.10. The van der Waals surface area contributed by atoms with Crippen LogP contribution in [0.5, 0.6) is 0 Å². The van der Waals surface area contributed by atoms with Crippen molar-refractivity contribution in [3.8, 4) is 0 Å². The lowest BCUT2D eigenvalue weighted by atomic mass is 10.1. The van der Waals surface area contributed by atoms with E-state index in [2.05, 4.69) is 5.32 Å².